The van der Waals surface area contributed by atoms with Crippen molar-refractivity contribution < 1.29 is 13.9 Å². The van der Waals surface area contributed by atoms with Gasteiger partial charge in [-0.05, 0) is 24.6 Å². The van der Waals surface area contributed by atoms with Gasteiger partial charge in [-0.15, -0.1) is 0 Å². The Balaban J connectivity index is 2.08. The van der Waals surface area contributed by atoms with Gasteiger partial charge in [-0.1, -0.05) is 0 Å². The second kappa shape index (κ2) is 5.12. The third-order valence-electron chi connectivity index (χ3n) is 3.43. The summed E-state index contributed by atoms with van der Waals surface area (Å²) in [4.78, 5) is 0. The van der Waals surface area contributed by atoms with Gasteiger partial charge in [-0.2, -0.15) is 0 Å². The van der Waals surface area contributed by atoms with Crippen LogP contribution in [0.15, 0.2) is 12.1 Å². The van der Waals surface area contributed by atoms with Crippen molar-refractivity contribution in [3.05, 3.63) is 23.5 Å². The maximum absolute atomic E-state index is 13.3. The SMILES string of the molecule is COC1(CNc2cc(C)c(F)cc2N)CCOC1. The van der Waals surface area contributed by atoms with Crippen LogP contribution in [-0.2, 0) is 9.47 Å². The zero-order chi connectivity index (χ0) is 13.2. The smallest absolute Gasteiger partial charge is 0.128 e. The predicted octanol–water partition coefficient (Wildman–Crippen LogP) is 1.93. The molecule has 3 N–H and O–H groups in total. The molecule has 4 nitrogen and oxygen atoms in total. The molecule has 100 valence electrons. The normalized spacial score (nSPS) is 23.3. The topological polar surface area (TPSA) is 56.5 Å². The Morgan fingerprint density at radius 3 is 2.94 bits per heavy atom. The van der Waals surface area contributed by atoms with Crippen LogP contribution in [0.2, 0.25) is 0 Å². The van der Waals surface area contributed by atoms with Gasteiger partial charge in [0.05, 0.1) is 18.0 Å². The quantitative estimate of drug-likeness (QED) is 0.806. The molecular formula is C13H19FN2O2. The Bertz CT molecular complexity index is 431. The minimum atomic E-state index is -0.311. The number of hydrogen-bond donors (Lipinski definition) is 2. The number of ether oxygens (including phenoxy) is 2. The molecule has 0 aromatic heterocycles. The molecule has 1 fully saturated rings. The zero-order valence-corrected chi connectivity index (χ0v) is 10.8. The molecule has 0 bridgehead atoms. The number of aryl methyl sites for hydroxylation is 1. The molecule has 1 aromatic rings. The van der Waals surface area contributed by atoms with E-state index in [-0.39, 0.29) is 11.4 Å². The first-order valence-electron chi connectivity index (χ1n) is 5.99. The molecule has 0 spiro atoms. The van der Waals surface area contributed by atoms with Gasteiger partial charge in [-0.25, -0.2) is 4.39 Å². The Morgan fingerprint density at radius 2 is 2.33 bits per heavy atom. The number of nitrogen functional groups attached to an aromatic ring is 1. The van der Waals surface area contributed by atoms with Gasteiger partial charge < -0.3 is 20.5 Å². The highest BCUT2D eigenvalue weighted by molar-refractivity contribution is 5.67. The molecule has 1 unspecified atom stereocenters. The highest BCUT2D eigenvalue weighted by Crippen LogP contribution is 2.26. The van der Waals surface area contributed by atoms with Crippen LogP contribution in [0.3, 0.4) is 0 Å². The molecule has 1 aliphatic rings. The monoisotopic (exact) mass is 254 g/mol. The summed E-state index contributed by atoms with van der Waals surface area (Å²) in [5.74, 6) is -0.288. The molecular weight excluding hydrogens is 235 g/mol. The van der Waals surface area contributed by atoms with Gasteiger partial charge in [0.1, 0.15) is 11.4 Å². The molecule has 0 saturated carbocycles. The summed E-state index contributed by atoms with van der Waals surface area (Å²) in [6.45, 7) is 3.58. The van der Waals surface area contributed by atoms with Gasteiger partial charge >= 0.3 is 0 Å². The van der Waals surface area contributed by atoms with E-state index in [1.54, 1.807) is 20.1 Å². The van der Waals surface area contributed by atoms with E-state index in [4.69, 9.17) is 15.2 Å². The van der Waals surface area contributed by atoms with E-state index in [9.17, 15) is 4.39 Å². The summed E-state index contributed by atoms with van der Waals surface area (Å²) in [6, 6.07) is 3.05. The molecule has 1 atom stereocenters. The van der Waals surface area contributed by atoms with Gasteiger partial charge in [0.25, 0.3) is 0 Å². The van der Waals surface area contributed by atoms with E-state index < -0.39 is 0 Å². The van der Waals surface area contributed by atoms with E-state index in [0.717, 1.165) is 12.1 Å². The molecule has 1 aliphatic heterocycles. The van der Waals surface area contributed by atoms with Crippen molar-refractivity contribution in [1.82, 2.24) is 0 Å². The van der Waals surface area contributed by atoms with Crippen molar-refractivity contribution in [1.29, 1.82) is 0 Å². The molecule has 5 heteroatoms. The van der Waals surface area contributed by atoms with Crippen LogP contribution in [0.5, 0.6) is 0 Å². The third-order valence-corrected chi connectivity index (χ3v) is 3.43. The third kappa shape index (κ3) is 2.57. The Hall–Kier alpha value is -1.33. The van der Waals surface area contributed by atoms with E-state index in [0.29, 0.717) is 31.0 Å². The Kier molecular flexibility index (Phi) is 3.73. The number of anilines is 2. The van der Waals surface area contributed by atoms with E-state index in [1.807, 2.05) is 0 Å². The lowest BCUT2D eigenvalue weighted by Crippen LogP contribution is -2.39. The summed E-state index contributed by atoms with van der Waals surface area (Å²) < 4.78 is 24.2. The number of nitrogens with two attached hydrogens (primary N) is 1. The zero-order valence-electron chi connectivity index (χ0n) is 10.8. The van der Waals surface area contributed by atoms with Gasteiger partial charge in [0, 0.05) is 26.7 Å². The van der Waals surface area contributed by atoms with Crippen molar-refractivity contribution >= 4 is 11.4 Å². The van der Waals surface area contributed by atoms with E-state index in [1.165, 1.54) is 6.07 Å². The number of methoxy groups -OCH3 is 1. The van der Waals surface area contributed by atoms with Crippen LogP contribution in [0.25, 0.3) is 0 Å². The van der Waals surface area contributed by atoms with Gasteiger partial charge in [-0.3, -0.25) is 0 Å². The lowest BCUT2D eigenvalue weighted by Gasteiger charge is -2.27. The highest BCUT2D eigenvalue weighted by atomic mass is 19.1. The van der Waals surface area contributed by atoms with Crippen molar-refractivity contribution in [2.45, 2.75) is 18.9 Å². The van der Waals surface area contributed by atoms with Crippen molar-refractivity contribution in [3.8, 4) is 0 Å². The predicted molar refractivity (Wildman–Crippen MR) is 69.2 cm³/mol. The maximum Gasteiger partial charge on any atom is 0.128 e. The standard InChI is InChI=1S/C13H19FN2O2/c1-9-5-12(11(15)6-10(9)14)16-7-13(17-2)3-4-18-8-13/h5-6,16H,3-4,7-8,15H2,1-2H3. The molecule has 0 amide bonds. The number of rotatable bonds is 4. The first kappa shape index (κ1) is 13.1. The number of nitrogens with one attached hydrogen (secondary N) is 1. The van der Waals surface area contributed by atoms with E-state index >= 15 is 0 Å². The molecule has 0 radical (unpaired) electrons. The van der Waals surface area contributed by atoms with Crippen LogP contribution in [0.1, 0.15) is 12.0 Å². The van der Waals surface area contributed by atoms with Crippen molar-refractivity contribution in [2.75, 3.05) is 37.9 Å². The first-order valence-corrected chi connectivity index (χ1v) is 5.99. The van der Waals surface area contributed by atoms with Crippen LogP contribution in [0, 0.1) is 12.7 Å². The fourth-order valence-corrected chi connectivity index (χ4v) is 2.07. The second-order valence-corrected chi connectivity index (χ2v) is 4.73. The molecule has 1 saturated heterocycles. The highest BCUT2D eigenvalue weighted by Gasteiger charge is 2.34. The average molecular weight is 254 g/mol. The minimum absolute atomic E-state index is 0.288. The average Bonchev–Trinajstić information content (AvgIpc) is 2.82. The van der Waals surface area contributed by atoms with Gasteiger partial charge in [0.15, 0.2) is 0 Å². The van der Waals surface area contributed by atoms with Crippen LogP contribution >= 0.6 is 0 Å². The number of hydrogen-bond acceptors (Lipinski definition) is 4. The first-order chi connectivity index (χ1) is 8.56. The van der Waals surface area contributed by atoms with Crippen molar-refractivity contribution in [3.63, 3.8) is 0 Å². The lowest BCUT2D eigenvalue weighted by atomic mass is 10.0. The Morgan fingerprint density at radius 1 is 1.56 bits per heavy atom. The second-order valence-electron chi connectivity index (χ2n) is 4.73. The van der Waals surface area contributed by atoms with Crippen LogP contribution in [0.4, 0.5) is 15.8 Å². The van der Waals surface area contributed by atoms with Crippen LogP contribution in [-0.4, -0.2) is 32.5 Å². The number of benzene rings is 1. The fraction of sp³-hybridized carbons (Fsp3) is 0.538. The largest absolute Gasteiger partial charge is 0.397 e. The molecule has 1 aromatic carbocycles. The summed E-state index contributed by atoms with van der Waals surface area (Å²) in [5.41, 5.74) is 7.18. The summed E-state index contributed by atoms with van der Waals surface area (Å²) in [6.07, 6.45) is 0.844. The molecule has 2 rings (SSSR count). The van der Waals surface area contributed by atoms with Gasteiger partial charge in [0.2, 0.25) is 0 Å². The number of halogens is 1. The minimum Gasteiger partial charge on any atom is -0.397 e. The molecule has 1 heterocycles. The van der Waals surface area contributed by atoms with E-state index in [2.05, 4.69) is 5.32 Å². The maximum atomic E-state index is 13.3. The summed E-state index contributed by atoms with van der Waals surface area (Å²) >= 11 is 0. The Labute approximate surface area is 106 Å². The fourth-order valence-electron chi connectivity index (χ4n) is 2.07. The summed E-state index contributed by atoms with van der Waals surface area (Å²) in [7, 11) is 1.68. The van der Waals surface area contributed by atoms with Crippen molar-refractivity contribution in [2.24, 2.45) is 0 Å². The lowest BCUT2D eigenvalue weighted by molar-refractivity contribution is -0.00618. The molecule has 0 aliphatic carbocycles. The van der Waals surface area contributed by atoms with Crippen LogP contribution < -0.4 is 11.1 Å². The summed E-state index contributed by atoms with van der Waals surface area (Å²) in [5, 5.41) is 3.22. The molecule has 18 heavy (non-hydrogen) atoms.